The van der Waals surface area contributed by atoms with Gasteiger partial charge in [-0.3, -0.25) is 9.78 Å². The summed E-state index contributed by atoms with van der Waals surface area (Å²) in [6.45, 7) is 0.829. The van der Waals surface area contributed by atoms with E-state index in [0.29, 0.717) is 19.5 Å². The molecule has 2 aromatic heterocycles. The Morgan fingerprint density at radius 1 is 1.24 bits per heavy atom. The van der Waals surface area contributed by atoms with Crippen molar-refractivity contribution in [1.29, 1.82) is 0 Å². The fraction of sp³-hybridized carbons (Fsp3) is 0.278. The highest BCUT2D eigenvalue weighted by Crippen LogP contribution is 2.30. The molecular weight excluding hydrogens is 326 g/mol. The maximum atomic E-state index is 13.9. The number of hydrogen-bond donors (Lipinski definition) is 0. The predicted octanol–water partition coefficient (Wildman–Crippen LogP) is 2.88. The molecule has 1 fully saturated rings. The van der Waals surface area contributed by atoms with Crippen molar-refractivity contribution in [2.45, 2.75) is 12.3 Å². The van der Waals surface area contributed by atoms with Crippen LogP contribution in [0.1, 0.15) is 28.5 Å². The first-order valence-electron chi connectivity index (χ1n) is 8.06. The van der Waals surface area contributed by atoms with Crippen LogP contribution in [-0.2, 0) is 7.05 Å². The number of carbonyl (C=O) groups is 1. The average Bonchev–Trinajstić information content (AvgIpc) is 3.20. The molecule has 1 aliphatic heterocycles. The van der Waals surface area contributed by atoms with Crippen molar-refractivity contribution >= 4 is 16.9 Å². The van der Waals surface area contributed by atoms with Gasteiger partial charge in [0.05, 0.1) is 17.2 Å². The first kappa shape index (κ1) is 15.7. The minimum Gasteiger partial charge on any atom is -0.338 e. The number of fused-ring (bicyclic) bond motifs is 1. The molecule has 4 rings (SSSR count). The molecule has 3 heterocycles. The van der Waals surface area contributed by atoms with Gasteiger partial charge in [0.2, 0.25) is 0 Å². The van der Waals surface area contributed by atoms with E-state index in [2.05, 4.69) is 9.97 Å². The molecule has 0 unspecified atom stereocenters. The van der Waals surface area contributed by atoms with E-state index in [1.165, 1.54) is 11.0 Å². The van der Waals surface area contributed by atoms with Crippen molar-refractivity contribution in [3.8, 4) is 0 Å². The van der Waals surface area contributed by atoms with Gasteiger partial charge in [0.1, 0.15) is 23.0 Å². The van der Waals surface area contributed by atoms with E-state index in [4.69, 9.17) is 0 Å². The third-order valence-corrected chi connectivity index (χ3v) is 4.73. The van der Waals surface area contributed by atoms with Crippen LogP contribution in [0.4, 0.5) is 8.78 Å². The summed E-state index contributed by atoms with van der Waals surface area (Å²) >= 11 is 0. The average molecular weight is 342 g/mol. The molecule has 1 amide bonds. The maximum absolute atomic E-state index is 13.9. The summed E-state index contributed by atoms with van der Waals surface area (Å²) < 4.78 is 29.7. The second-order valence-corrected chi connectivity index (χ2v) is 6.23. The molecule has 0 spiro atoms. The number of amides is 1. The highest BCUT2D eigenvalue weighted by atomic mass is 19.1. The van der Waals surface area contributed by atoms with E-state index >= 15 is 0 Å². The molecule has 1 aromatic carbocycles. The maximum Gasteiger partial charge on any atom is 0.259 e. The van der Waals surface area contributed by atoms with Crippen molar-refractivity contribution in [2.24, 2.45) is 7.05 Å². The van der Waals surface area contributed by atoms with Crippen molar-refractivity contribution in [3.63, 3.8) is 0 Å². The normalized spacial score (nSPS) is 17.4. The highest BCUT2D eigenvalue weighted by molar-refractivity contribution is 5.95. The number of aromatic nitrogens is 3. The Hall–Kier alpha value is -2.83. The second-order valence-electron chi connectivity index (χ2n) is 6.23. The summed E-state index contributed by atoms with van der Waals surface area (Å²) in [6, 6.07) is 5.29. The van der Waals surface area contributed by atoms with Gasteiger partial charge in [-0.2, -0.15) is 0 Å². The van der Waals surface area contributed by atoms with Crippen molar-refractivity contribution in [2.75, 3.05) is 13.1 Å². The first-order valence-corrected chi connectivity index (χ1v) is 8.06. The Morgan fingerprint density at radius 3 is 2.72 bits per heavy atom. The number of halogens is 2. The lowest BCUT2D eigenvalue weighted by Crippen LogP contribution is -2.30. The number of benzene rings is 1. The molecule has 128 valence electrons. The molecular formula is C18H16F2N4O. The van der Waals surface area contributed by atoms with Crippen LogP contribution in [0, 0.1) is 11.6 Å². The Labute approximate surface area is 142 Å². The molecule has 0 radical (unpaired) electrons. The third kappa shape index (κ3) is 2.56. The summed E-state index contributed by atoms with van der Waals surface area (Å²) in [5, 5.41) is 0. The Kier molecular flexibility index (Phi) is 3.71. The minimum absolute atomic E-state index is 0.0242. The van der Waals surface area contributed by atoms with E-state index in [1.54, 1.807) is 12.4 Å². The van der Waals surface area contributed by atoms with E-state index in [0.717, 1.165) is 29.0 Å². The number of pyridine rings is 1. The summed E-state index contributed by atoms with van der Waals surface area (Å²) in [7, 11) is 1.91. The zero-order valence-electron chi connectivity index (χ0n) is 13.6. The summed E-state index contributed by atoms with van der Waals surface area (Å²) in [5.74, 6) is -1.40. The summed E-state index contributed by atoms with van der Waals surface area (Å²) in [5.41, 5.74) is 1.28. The molecule has 5 nitrogen and oxygen atoms in total. The molecule has 3 aromatic rings. The van der Waals surface area contributed by atoms with Crippen LogP contribution in [0.15, 0.2) is 36.7 Å². The largest absolute Gasteiger partial charge is 0.338 e. The lowest BCUT2D eigenvalue weighted by molar-refractivity contribution is 0.0780. The van der Waals surface area contributed by atoms with Gasteiger partial charge in [0.25, 0.3) is 5.91 Å². The quantitative estimate of drug-likeness (QED) is 0.720. The summed E-state index contributed by atoms with van der Waals surface area (Å²) in [6.07, 6.45) is 4.13. The van der Waals surface area contributed by atoms with Crippen LogP contribution >= 0.6 is 0 Å². The van der Waals surface area contributed by atoms with Crippen molar-refractivity contribution in [3.05, 3.63) is 59.7 Å². The minimum atomic E-state index is -0.831. The molecule has 1 atom stereocenters. The molecule has 0 saturated carbocycles. The van der Waals surface area contributed by atoms with Gasteiger partial charge < -0.3 is 9.47 Å². The SMILES string of the molecule is Cn1c([C@@H]2CCN(C(=O)c3c(F)cccc3F)C2)nc2ccncc21. The van der Waals surface area contributed by atoms with Gasteiger partial charge >= 0.3 is 0 Å². The first-order chi connectivity index (χ1) is 12.1. The van der Waals surface area contributed by atoms with E-state index in [-0.39, 0.29) is 5.92 Å². The number of hydrogen-bond acceptors (Lipinski definition) is 3. The van der Waals surface area contributed by atoms with Gasteiger partial charge in [-0.1, -0.05) is 6.07 Å². The number of nitrogens with zero attached hydrogens (tertiary/aromatic N) is 4. The predicted molar refractivity (Wildman–Crippen MR) is 88.1 cm³/mol. The fourth-order valence-electron chi connectivity index (χ4n) is 3.43. The third-order valence-electron chi connectivity index (χ3n) is 4.73. The van der Waals surface area contributed by atoms with E-state index in [9.17, 15) is 13.6 Å². The smallest absolute Gasteiger partial charge is 0.259 e. The molecule has 0 aliphatic carbocycles. The van der Waals surface area contributed by atoms with Crippen LogP contribution in [-0.4, -0.2) is 38.4 Å². The van der Waals surface area contributed by atoms with Crippen LogP contribution in [0.5, 0.6) is 0 Å². The van der Waals surface area contributed by atoms with Gasteiger partial charge in [0, 0.05) is 32.3 Å². The molecule has 0 bridgehead atoms. The summed E-state index contributed by atoms with van der Waals surface area (Å²) in [4.78, 5) is 22.8. The molecule has 25 heavy (non-hydrogen) atoms. The van der Waals surface area contributed by atoms with Gasteiger partial charge in [-0.25, -0.2) is 13.8 Å². The van der Waals surface area contributed by atoms with Crippen molar-refractivity contribution in [1.82, 2.24) is 19.4 Å². The number of imidazole rings is 1. The Balaban J connectivity index is 1.61. The number of likely N-dealkylation sites (tertiary alicyclic amines) is 1. The molecule has 7 heteroatoms. The fourth-order valence-corrected chi connectivity index (χ4v) is 3.43. The standard InChI is InChI=1S/C18H16F2N4O/c1-23-15-9-21-7-5-14(15)22-17(23)11-6-8-24(10-11)18(25)16-12(19)3-2-4-13(16)20/h2-5,7,9,11H,6,8,10H2,1H3/t11-/m1/s1. The zero-order valence-corrected chi connectivity index (χ0v) is 13.6. The molecule has 0 N–H and O–H groups in total. The van der Waals surface area contributed by atoms with Gasteiger partial charge in [0.15, 0.2) is 0 Å². The Bertz CT molecular complexity index is 949. The van der Waals surface area contributed by atoms with Gasteiger partial charge in [-0.15, -0.1) is 0 Å². The number of aryl methyl sites for hydroxylation is 1. The number of carbonyl (C=O) groups excluding carboxylic acids is 1. The van der Waals surface area contributed by atoms with Gasteiger partial charge in [-0.05, 0) is 24.6 Å². The second kappa shape index (κ2) is 5.91. The molecule has 1 saturated heterocycles. The van der Waals surface area contributed by atoms with Crippen LogP contribution in [0.2, 0.25) is 0 Å². The lowest BCUT2D eigenvalue weighted by atomic mass is 10.1. The highest BCUT2D eigenvalue weighted by Gasteiger charge is 2.33. The lowest BCUT2D eigenvalue weighted by Gasteiger charge is -2.17. The Morgan fingerprint density at radius 2 is 2.00 bits per heavy atom. The van der Waals surface area contributed by atoms with Crippen LogP contribution in [0.25, 0.3) is 11.0 Å². The van der Waals surface area contributed by atoms with Crippen molar-refractivity contribution < 1.29 is 13.6 Å². The van der Waals surface area contributed by atoms with E-state index in [1.807, 2.05) is 17.7 Å². The number of rotatable bonds is 2. The zero-order chi connectivity index (χ0) is 17.6. The van der Waals surface area contributed by atoms with Crippen LogP contribution < -0.4 is 0 Å². The monoisotopic (exact) mass is 342 g/mol. The molecule has 1 aliphatic rings. The topological polar surface area (TPSA) is 51.0 Å². The van der Waals surface area contributed by atoms with E-state index < -0.39 is 23.1 Å². The van der Waals surface area contributed by atoms with Crippen LogP contribution in [0.3, 0.4) is 0 Å².